The van der Waals surface area contributed by atoms with Crippen LogP contribution < -0.4 is 10.1 Å². The van der Waals surface area contributed by atoms with E-state index in [1.807, 2.05) is 24.3 Å². The van der Waals surface area contributed by atoms with E-state index in [-0.39, 0.29) is 11.9 Å². The Hall–Kier alpha value is -1.87. The largest absolute Gasteiger partial charge is 0.494 e. The van der Waals surface area contributed by atoms with Crippen LogP contribution in [0.5, 0.6) is 5.75 Å². The Labute approximate surface area is 118 Å². The van der Waals surface area contributed by atoms with Gasteiger partial charge in [0.15, 0.2) is 11.6 Å². The fourth-order valence-electron chi connectivity index (χ4n) is 2.99. The van der Waals surface area contributed by atoms with Crippen molar-refractivity contribution in [2.24, 2.45) is 0 Å². The lowest BCUT2D eigenvalue weighted by molar-refractivity contribution is 0.385. The van der Waals surface area contributed by atoms with Gasteiger partial charge in [-0.2, -0.15) is 0 Å². The van der Waals surface area contributed by atoms with Crippen LogP contribution in [0.25, 0.3) is 0 Å². The van der Waals surface area contributed by atoms with E-state index in [0.717, 1.165) is 18.5 Å². The Kier molecular flexibility index (Phi) is 3.70. The highest BCUT2D eigenvalue weighted by molar-refractivity contribution is 5.35. The highest BCUT2D eigenvalue weighted by Crippen LogP contribution is 2.38. The van der Waals surface area contributed by atoms with Crippen LogP contribution in [0.4, 0.5) is 4.39 Å². The molecule has 104 valence electrons. The molecule has 0 aliphatic carbocycles. The Morgan fingerprint density at radius 2 is 1.90 bits per heavy atom. The maximum atomic E-state index is 13.9. The first kappa shape index (κ1) is 13.1. The molecule has 3 heteroatoms. The molecule has 2 atom stereocenters. The van der Waals surface area contributed by atoms with Gasteiger partial charge in [-0.3, -0.25) is 0 Å². The Balaban J connectivity index is 1.91. The van der Waals surface area contributed by atoms with Crippen molar-refractivity contribution in [3.05, 3.63) is 65.5 Å². The molecule has 1 N–H and O–H groups in total. The van der Waals surface area contributed by atoms with Crippen LogP contribution >= 0.6 is 0 Å². The lowest BCUT2D eigenvalue weighted by Crippen LogP contribution is -2.17. The highest BCUT2D eigenvalue weighted by atomic mass is 19.1. The van der Waals surface area contributed by atoms with E-state index < -0.39 is 0 Å². The Morgan fingerprint density at radius 3 is 2.60 bits per heavy atom. The van der Waals surface area contributed by atoms with Crippen LogP contribution in [0.3, 0.4) is 0 Å². The van der Waals surface area contributed by atoms with E-state index in [4.69, 9.17) is 4.74 Å². The molecule has 2 unspecified atom stereocenters. The van der Waals surface area contributed by atoms with Crippen LogP contribution in [-0.4, -0.2) is 13.7 Å². The van der Waals surface area contributed by atoms with Gasteiger partial charge in [-0.25, -0.2) is 4.39 Å². The lowest BCUT2D eigenvalue weighted by Gasteiger charge is -2.21. The van der Waals surface area contributed by atoms with Gasteiger partial charge in [0.25, 0.3) is 0 Å². The van der Waals surface area contributed by atoms with E-state index in [1.54, 1.807) is 12.1 Å². The summed E-state index contributed by atoms with van der Waals surface area (Å²) >= 11 is 0. The van der Waals surface area contributed by atoms with Gasteiger partial charge in [0.05, 0.1) is 7.11 Å². The third-order valence-corrected chi connectivity index (χ3v) is 3.98. The molecule has 2 nitrogen and oxygen atoms in total. The number of hydrogen-bond acceptors (Lipinski definition) is 2. The molecule has 0 spiro atoms. The van der Waals surface area contributed by atoms with Gasteiger partial charge in [-0.15, -0.1) is 0 Å². The summed E-state index contributed by atoms with van der Waals surface area (Å²) in [5.41, 5.74) is 2.29. The number of hydrogen-bond donors (Lipinski definition) is 1. The van der Waals surface area contributed by atoms with Crippen molar-refractivity contribution in [3.63, 3.8) is 0 Å². The van der Waals surface area contributed by atoms with Gasteiger partial charge < -0.3 is 10.1 Å². The Morgan fingerprint density at radius 1 is 1.10 bits per heavy atom. The lowest BCUT2D eigenvalue weighted by atomic mass is 9.88. The first-order chi connectivity index (χ1) is 9.79. The van der Waals surface area contributed by atoms with Crippen molar-refractivity contribution in [2.45, 2.75) is 18.4 Å². The minimum atomic E-state index is -0.288. The summed E-state index contributed by atoms with van der Waals surface area (Å²) in [6, 6.07) is 15.9. The van der Waals surface area contributed by atoms with Gasteiger partial charge in [0.1, 0.15) is 0 Å². The zero-order valence-electron chi connectivity index (χ0n) is 11.5. The van der Waals surface area contributed by atoms with Crippen molar-refractivity contribution in [2.75, 3.05) is 13.7 Å². The van der Waals surface area contributed by atoms with E-state index in [2.05, 4.69) is 17.4 Å². The molecule has 0 radical (unpaired) electrons. The van der Waals surface area contributed by atoms with E-state index in [1.165, 1.54) is 12.7 Å². The predicted octanol–water partition coefficient (Wildman–Crippen LogP) is 3.65. The molecule has 1 aliphatic rings. The molecule has 2 aromatic rings. The number of rotatable bonds is 3. The average Bonchev–Trinajstić information content (AvgIpc) is 2.97. The standard InChI is InChI=1S/C17H18FNO/c1-20-16-8-7-13(11-15(16)18)14-9-10-19-17(14)12-5-3-2-4-6-12/h2-8,11,14,17,19H,9-10H2,1H3. The molecular weight excluding hydrogens is 253 g/mol. The first-order valence-electron chi connectivity index (χ1n) is 6.91. The van der Waals surface area contributed by atoms with Gasteiger partial charge in [0.2, 0.25) is 0 Å². The third kappa shape index (κ3) is 2.41. The third-order valence-electron chi connectivity index (χ3n) is 3.98. The summed E-state index contributed by atoms with van der Waals surface area (Å²) in [5, 5.41) is 3.52. The Bertz CT molecular complexity index is 585. The molecule has 1 aliphatic heterocycles. The topological polar surface area (TPSA) is 21.3 Å². The summed E-state index contributed by atoms with van der Waals surface area (Å²) in [5.74, 6) is 0.317. The van der Waals surface area contributed by atoms with Crippen LogP contribution in [0, 0.1) is 5.82 Å². The molecule has 1 saturated heterocycles. The number of nitrogens with one attached hydrogen (secondary N) is 1. The zero-order valence-corrected chi connectivity index (χ0v) is 11.5. The predicted molar refractivity (Wildman–Crippen MR) is 77.5 cm³/mol. The van der Waals surface area contributed by atoms with Crippen molar-refractivity contribution in [3.8, 4) is 5.75 Å². The van der Waals surface area contributed by atoms with Crippen LogP contribution in [-0.2, 0) is 0 Å². The summed E-state index contributed by atoms with van der Waals surface area (Å²) in [6.07, 6.45) is 1.02. The van der Waals surface area contributed by atoms with E-state index in [9.17, 15) is 4.39 Å². The second kappa shape index (κ2) is 5.63. The van der Waals surface area contributed by atoms with Crippen molar-refractivity contribution >= 4 is 0 Å². The number of benzene rings is 2. The fraction of sp³-hybridized carbons (Fsp3) is 0.294. The monoisotopic (exact) mass is 271 g/mol. The van der Waals surface area contributed by atoms with Crippen LogP contribution in [0.2, 0.25) is 0 Å². The van der Waals surface area contributed by atoms with Gasteiger partial charge in [0, 0.05) is 12.0 Å². The normalized spacial score (nSPS) is 21.9. The molecule has 1 fully saturated rings. The molecule has 3 rings (SSSR count). The molecular formula is C17H18FNO. The van der Waals surface area contributed by atoms with E-state index in [0.29, 0.717) is 11.7 Å². The van der Waals surface area contributed by atoms with Gasteiger partial charge in [-0.05, 0) is 36.2 Å². The average molecular weight is 271 g/mol. The first-order valence-corrected chi connectivity index (χ1v) is 6.91. The van der Waals surface area contributed by atoms with Crippen molar-refractivity contribution in [1.29, 1.82) is 0 Å². The second-order valence-electron chi connectivity index (χ2n) is 5.13. The summed E-state index contributed by atoms with van der Waals surface area (Å²) in [7, 11) is 1.49. The second-order valence-corrected chi connectivity index (χ2v) is 5.13. The molecule has 0 saturated carbocycles. The molecule has 2 aromatic carbocycles. The van der Waals surface area contributed by atoms with E-state index >= 15 is 0 Å². The maximum Gasteiger partial charge on any atom is 0.165 e. The fourth-order valence-corrected chi connectivity index (χ4v) is 2.99. The highest BCUT2D eigenvalue weighted by Gasteiger charge is 2.29. The molecule has 20 heavy (non-hydrogen) atoms. The number of halogens is 1. The molecule has 0 aromatic heterocycles. The molecule has 0 amide bonds. The summed E-state index contributed by atoms with van der Waals surface area (Å²) in [4.78, 5) is 0. The van der Waals surface area contributed by atoms with Crippen LogP contribution in [0.1, 0.15) is 29.5 Å². The number of ether oxygens (including phenoxy) is 1. The minimum absolute atomic E-state index is 0.254. The molecule has 1 heterocycles. The van der Waals surface area contributed by atoms with Gasteiger partial charge in [-0.1, -0.05) is 36.4 Å². The summed E-state index contributed by atoms with van der Waals surface area (Å²) < 4.78 is 18.9. The minimum Gasteiger partial charge on any atom is -0.494 e. The van der Waals surface area contributed by atoms with Gasteiger partial charge >= 0.3 is 0 Å². The summed E-state index contributed by atoms with van der Waals surface area (Å²) in [6.45, 7) is 0.956. The maximum absolute atomic E-state index is 13.9. The van der Waals surface area contributed by atoms with Crippen LogP contribution in [0.15, 0.2) is 48.5 Å². The zero-order chi connectivity index (χ0) is 13.9. The quantitative estimate of drug-likeness (QED) is 0.920. The van der Waals surface area contributed by atoms with Crippen molar-refractivity contribution in [1.82, 2.24) is 5.32 Å². The molecule has 0 bridgehead atoms. The van der Waals surface area contributed by atoms with Crippen molar-refractivity contribution < 1.29 is 9.13 Å². The smallest absolute Gasteiger partial charge is 0.165 e. The SMILES string of the molecule is COc1ccc(C2CCNC2c2ccccc2)cc1F. The number of methoxy groups -OCH3 is 1.